The van der Waals surface area contributed by atoms with Crippen LogP contribution < -0.4 is 5.32 Å². The van der Waals surface area contributed by atoms with Crippen LogP contribution in [0.1, 0.15) is 12.8 Å². The first-order valence-electron chi connectivity index (χ1n) is 3.29. The number of fused-ring (bicyclic) bond motifs is 1. The van der Waals surface area contributed by atoms with E-state index in [0.717, 1.165) is 13.0 Å². The summed E-state index contributed by atoms with van der Waals surface area (Å²) in [6.45, 7) is 1.12. The van der Waals surface area contributed by atoms with Crippen molar-refractivity contribution in [2.24, 2.45) is 5.92 Å². The molecule has 0 radical (unpaired) electrons. The van der Waals surface area contributed by atoms with E-state index < -0.39 is 0 Å². The molecule has 0 amide bonds. The third-order valence-corrected chi connectivity index (χ3v) is 2.39. The highest BCUT2D eigenvalue weighted by atomic mass is 35.5. The third-order valence-electron chi connectivity index (χ3n) is 2.39. The Morgan fingerprint density at radius 3 is 2.67 bits per heavy atom. The lowest BCUT2D eigenvalue weighted by Gasteiger charge is -2.35. The smallest absolute Gasteiger partial charge is 0.0598 e. The Hall–Kier alpha value is 0.210. The normalized spacial score (nSPS) is 47.0. The molecule has 1 saturated carbocycles. The summed E-state index contributed by atoms with van der Waals surface area (Å²) in [5.41, 5.74) is 0. The molecule has 3 heteroatoms. The van der Waals surface area contributed by atoms with Crippen molar-refractivity contribution in [2.45, 2.75) is 25.0 Å². The molecule has 2 aliphatic rings. The van der Waals surface area contributed by atoms with Crippen molar-refractivity contribution in [3.05, 3.63) is 0 Å². The maximum absolute atomic E-state index is 9.08. The number of aliphatic hydroxyl groups excluding tert-OH is 1. The molecule has 54 valence electrons. The molecule has 3 unspecified atom stereocenters. The fourth-order valence-electron chi connectivity index (χ4n) is 1.75. The summed E-state index contributed by atoms with van der Waals surface area (Å²) < 4.78 is 0. The fourth-order valence-corrected chi connectivity index (χ4v) is 1.75. The van der Waals surface area contributed by atoms with Crippen LogP contribution in [-0.4, -0.2) is 23.8 Å². The Morgan fingerprint density at radius 1 is 1.44 bits per heavy atom. The van der Waals surface area contributed by atoms with Gasteiger partial charge >= 0.3 is 0 Å². The highest BCUT2D eigenvalue weighted by Gasteiger charge is 2.42. The van der Waals surface area contributed by atoms with Gasteiger partial charge in [-0.1, -0.05) is 0 Å². The molecular formula is C6H12ClNO. The van der Waals surface area contributed by atoms with Crippen LogP contribution in [0.2, 0.25) is 0 Å². The van der Waals surface area contributed by atoms with Crippen LogP contribution in [-0.2, 0) is 0 Å². The predicted octanol–water partition coefficient (Wildman–Crippen LogP) is 0.151. The molecule has 2 rings (SSSR count). The van der Waals surface area contributed by atoms with Crippen molar-refractivity contribution in [1.82, 2.24) is 5.32 Å². The van der Waals surface area contributed by atoms with Gasteiger partial charge in [0.05, 0.1) is 6.10 Å². The zero-order valence-corrected chi connectivity index (χ0v) is 6.03. The maximum Gasteiger partial charge on any atom is 0.0598 e. The first-order valence-corrected chi connectivity index (χ1v) is 3.29. The molecule has 0 aromatic heterocycles. The van der Waals surface area contributed by atoms with Crippen molar-refractivity contribution in [3.63, 3.8) is 0 Å². The van der Waals surface area contributed by atoms with E-state index in [1.165, 1.54) is 6.42 Å². The predicted molar refractivity (Wildman–Crippen MR) is 37.8 cm³/mol. The summed E-state index contributed by atoms with van der Waals surface area (Å²) in [6, 6.07) is 0.671. The van der Waals surface area contributed by atoms with E-state index in [0.29, 0.717) is 12.0 Å². The van der Waals surface area contributed by atoms with E-state index >= 15 is 0 Å². The summed E-state index contributed by atoms with van der Waals surface area (Å²) in [7, 11) is 0. The highest BCUT2D eigenvalue weighted by molar-refractivity contribution is 5.85. The van der Waals surface area contributed by atoms with Gasteiger partial charge in [-0.15, -0.1) is 12.4 Å². The van der Waals surface area contributed by atoms with Crippen molar-refractivity contribution >= 4 is 12.4 Å². The average Bonchev–Trinajstić information content (AvgIpc) is 2.09. The second-order valence-electron chi connectivity index (χ2n) is 2.82. The number of nitrogens with one attached hydrogen (secondary N) is 1. The van der Waals surface area contributed by atoms with Gasteiger partial charge in [0.15, 0.2) is 0 Å². The third kappa shape index (κ3) is 0.955. The lowest BCUT2D eigenvalue weighted by Crippen LogP contribution is -2.47. The van der Waals surface area contributed by atoms with E-state index in [1.54, 1.807) is 0 Å². The van der Waals surface area contributed by atoms with Crippen LogP contribution in [0.4, 0.5) is 0 Å². The Balaban J connectivity index is 0.000000405. The minimum Gasteiger partial charge on any atom is -0.393 e. The monoisotopic (exact) mass is 149 g/mol. The van der Waals surface area contributed by atoms with Gasteiger partial charge in [0, 0.05) is 12.0 Å². The summed E-state index contributed by atoms with van der Waals surface area (Å²) in [5.74, 6) is 0.606. The highest BCUT2D eigenvalue weighted by Crippen LogP contribution is 2.34. The number of rotatable bonds is 0. The second-order valence-corrected chi connectivity index (χ2v) is 2.82. The second kappa shape index (κ2) is 2.45. The van der Waals surface area contributed by atoms with E-state index in [4.69, 9.17) is 5.11 Å². The Bertz CT molecular complexity index is 109. The molecule has 1 aliphatic heterocycles. The molecule has 0 spiro atoms. The first-order chi connectivity index (χ1) is 3.88. The standard InChI is InChI=1S/C6H11NO.ClH/c8-6-3-5-4(6)1-2-7-5;/h4-8H,1-3H2;1H. The van der Waals surface area contributed by atoms with Gasteiger partial charge in [0.2, 0.25) is 0 Å². The molecule has 1 heterocycles. The SMILES string of the molecule is Cl.OC1CC2NCCC12. The van der Waals surface area contributed by atoms with E-state index in [1.807, 2.05) is 0 Å². The molecule has 2 fully saturated rings. The minimum atomic E-state index is 0. The van der Waals surface area contributed by atoms with Gasteiger partial charge in [0.25, 0.3) is 0 Å². The van der Waals surface area contributed by atoms with Crippen molar-refractivity contribution in [2.75, 3.05) is 6.54 Å². The first kappa shape index (κ1) is 7.32. The molecular weight excluding hydrogens is 138 g/mol. The van der Waals surface area contributed by atoms with Crippen LogP contribution >= 0.6 is 12.4 Å². The number of halogens is 1. The molecule has 0 aromatic rings. The van der Waals surface area contributed by atoms with Crippen molar-refractivity contribution in [1.29, 1.82) is 0 Å². The van der Waals surface area contributed by atoms with Gasteiger partial charge in [0.1, 0.15) is 0 Å². The lowest BCUT2D eigenvalue weighted by molar-refractivity contribution is 0.0130. The summed E-state index contributed by atoms with van der Waals surface area (Å²) in [5, 5.41) is 12.4. The molecule has 1 saturated heterocycles. The quantitative estimate of drug-likeness (QED) is 0.514. The average molecular weight is 150 g/mol. The summed E-state index contributed by atoms with van der Waals surface area (Å²) in [6.07, 6.45) is 2.20. The molecule has 3 atom stereocenters. The maximum atomic E-state index is 9.08. The van der Waals surface area contributed by atoms with Crippen LogP contribution in [0, 0.1) is 5.92 Å². The molecule has 0 aromatic carbocycles. The zero-order chi connectivity index (χ0) is 5.56. The molecule has 9 heavy (non-hydrogen) atoms. The van der Waals surface area contributed by atoms with Crippen molar-refractivity contribution in [3.8, 4) is 0 Å². The Kier molecular flexibility index (Phi) is 1.99. The number of hydrogen-bond donors (Lipinski definition) is 2. The van der Waals surface area contributed by atoms with E-state index in [9.17, 15) is 0 Å². The minimum absolute atomic E-state index is 0. The molecule has 2 nitrogen and oxygen atoms in total. The Labute approximate surface area is 61.0 Å². The molecule has 1 aliphatic carbocycles. The topological polar surface area (TPSA) is 32.3 Å². The fraction of sp³-hybridized carbons (Fsp3) is 1.00. The van der Waals surface area contributed by atoms with Gasteiger partial charge < -0.3 is 10.4 Å². The Morgan fingerprint density at radius 2 is 2.22 bits per heavy atom. The van der Waals surface area contributed by atoms with Crippen LogP contribution in [0.3, 0.4) is 0 Å². The lowest BCUT2D eigenvalue weighted by atomic mass is 9.78. The summed E-state index contributed by atoms with van der Waals surface area (Å²) >= 11 is 0. The van der Waals surface area contributed by atoms with E-state index in [-0.39, 0.29) is 18.5 Å². The van der Waals surface area contributed by atoms with Gasteiger partial charge in [-0.2, -0.15) is 0 Å². The summed E-state index contributed by atoms with van der Waals surface area (Å²) in [4.78, 5) is 0. The van der Waals surface area contributed by atoms with Gasteiger partial charge in [-0.3, -0.25) is 0 Å². The molecule has 2 N–H and O–H groups in total. The van der Waals surface area contributed by atoms with E-state index in [2.05, 4.69) is 5.32 Å². The largest absolute Gasteiger partial charge is 0.393 e. The van der Waals surface area contributed by atoms with Gasteiger partial charge in [-0.25, -0.2) is 0 Å². The van der Waals surface area contributed by atoms with Crippen LogP contribution in [0.5, 0.6) is 0 Å². The van der Waals surface area contributed by atoms with Crippen LogP contribution in [0.15, 0.2) is 0 Å². The van der Waals surface area contributed by atoms with Crippen LogP contribution in [0.25, 0.3) is 0 Å². The van der Waals surface area contributed by atoms with Crippen molar-refractivity contribution < 1.29 is 5.11 Å². The number of hydrogen-bond acceptors (Lipinski definition) is 2. The number of aliphatic hydroxyl groups is 1. The van der Waals surface area contributed by atoms with Gasteiger partial charge in [-0.05, 0) is 19.4 Å². The molecule has 0 bridgehead atoms. The zero-order valence-electron chi connectivity index (χ0n) is 5.21.